The molecule has 37 heavy (non-hydrogen) atoms. The van der Waals surface area contributed by atoms with Gasteiger partial charge in [0.15, 0.2) is 0 Å². The summed E-state index contributed by atoms with van der Waals surface area (Å²) in [5.74, 6) is -1.13. The third kappa shape index (κ3) is 5.81. The maximum absolute atomic E-state index is 13.2. The zero-order valence-corrected chi connectivity index (χ0v) is 21.3. The van der Waals surface area contributed by atoms with Gasteiger partial charge in [-0.3, -0.25) is 9.79 Å². The minimum absolute atomic E-state index is 0.156. The van der Waals surface area contributed by atoms with Gasteiger partial charge in [-0.25, -0.2) is 4.79 Å². The average molecular weight is 496 g/mol. The molecule has 2 aliphatic heterocycles. The molecule has 1 saturated heterocycles. The fraction of sp³-hybridized carbons (Fsp3) is 0.323. The lowest BCUT2D eigenvalue weighted by molar-refractivity contribution is -0.115. The Labute approximate surface area is 218 Å². The number of hydrogen-bond acceptors (Lipinski definition) is 5. The van der Waals surface area contributed by atoms with Gasteiger partial charge in [0.05, 0.1) is 23.6 Å². The van der Waals surface area contributed by atoms with Gasteiger partial charge in [0.2, 0.25) is 5.91 Å². The van der Waals surface area contributed by atoms with E-state index in [1.54, 1.807) is 19.1 Å². The Morgan fingerprint density at radius 3 is 2.46 bits per heavy atom. The summed E-state index contributed by atoms with van der Waals surface area (Å²) in [6.07, 6.45) is 4.98. The molecule has 6 heteroatoms. The highest BCUT2D eigenvalue weighted by atomic mass is 16.5. The molecule has 2 aliphatic rings. The van der Waals surface area contributed by atoms with Gasteiger partial charge in [0, 0.05) is 12.2 Å². The van der Waals surface area contributed by atoms with Crippen LogP contribution in [-0.2, 0) is 16.0 Å². The second-order valence-corrected chi connectivity index (χ2v) is 9.63. The van der Waals surface area contributed by atoms with Gasteiger partial charge in [-0.15, -0.1) is 0 Å². The number of rotatable bonds is 8. The van der Waals surface area contributed by atoms with E-state index in [4.69, 9.17) is 9.73 Å². The van der Waals surface area contributed by atoms with E-state index < -0.39 is 11.9 Å². The Kier molecular flexibility index (Phi) is 7.76. The number of esters is 1. The summed E-state index contributed by atoms with van der Waals surface area (Å²) in [5, 5.41) is 2.95. The first-order valence-corrected chi connectivity index (χ1v) is 13.2. The van der Waals surface area contributed by atoms with Crippen LogP contribution in [0, 0.1) is 0 Å². The number of fused-ring (bicyclic) bond motifs is 1. The van der Waals surface area contributed by atoms with E-state index in [1.807, 2.05) is 48.5 Å². The summed E-state index contributed by atoms with van der Waals surface area (Å²) >= 11 is 0. The van der Waals surface area contributed by atoms with Crippen molar-refractivity contribution in [2.24, 2.45) is 4.99 Å². The maximum atomic E-state index is 13.2. The van der Waals surface area contributed by atoms with E-state index in [0.29, 0.717) is 23.6 Å². The van der Waals surface area contributed by atoms with Crippen molar-refractivity contribution in [3.63, 3.8) is 0 Å². The molecule has 190 valence electrons. The number of likely N-dealkylation sites (tertiary alicyclic amines) is 1. The highest BCUT2D eigenvalue weighted by Crippen LogP contribution is 2.37. The zero-order valence-electron chi connectivity index (χ0n) is 21.3. The topological polar surface area (TPSA) is 71.0 Å². The van der Waals surface area contributed by atoms with Crippen molar-refractivity contribution in [1.29, 1.82) is 0 Å². The van der Waals surface area contributed by atoms with Gasteiger partial charge in [-0.05, 0) is 80.2 Å². The monoisotopic (exact) mass is 495 g/mol. The molecule has 5 rings (SSSR count). The third-order valence-electron chi connectivity index (χ3n) is 7.09. The number of nitrogens with zero attached hydrogens (tertiary/aromatic N) is 2. The van der Waals surface area contributed by atoms with Gasteiger partial charge in [-0.2, -0.15) is 0 Å². The molecule has 2 heterocycles. The summed E-state index contributed by atoms with van der Waals surface area (Å²) in [6.45, 7) is 5.56. The Balaban J connectivity index is 1.42. The standard InChI is InChI=1S/C31H33N3O3/c1-2-37-31(36)24-13-16-26-27(21-24)33-30(35)28(26)29(23-9-5-3-6-10-23)32-25-14-11-22(12-15-25)17-20-34-18-7-4-8-19-34/h3,5-6,9-16,21,28H,2,4,7-8,17-20H2,1H3,(H,33,35). The number of amides is 1. The van der Waals surface area contributed by atoms with Crippen molar-refractivity contribution in [1.82, 2.24) is 4.90 Å². The van der Waals surface area contributed by atoms with E-state index in [9.17, 15) is 9.59 Å². The quantitative estimate of drug-likeness (QED) is 0.319. The first-order chi connectivity index (χ1) is 18.1. The molecule has 0 bridgehead atoms. The van der Waals surface area contributed by atoms with Crippen LogP contribution >= 0.6 is 0 Å². The fourth-order valence-electron chi connectivity index (χ4n) is 5.13. The van der Waals surface area contributed by atoms with E-state index >= 15 is 0 Å². The molecule has 1 fully saturated rings. The van der Waals surface area contributed by atoms with Crippen LogP contribution in [0.4, 0.5) is 11.4 Å². The molecule has 0 saturated carbocycles. The Morgan fingerprint density at radius 2 is 1.73 bits per heavy atom. The van der Waals surface area contributed by atoms with Crippen LogP contribution in [-0.4, -0.2) is 48.7 Å². The number of benzene rings is 3. The smallest absolute Gasteiger partial charge is 0.338 e. The summed E-state index contributed by atoms with van der Waals surface area (Å²) < 4.78 is 5.12. The molecule has 1 unspecified atom stereocenters. The maximum Gasteiger partial charge on any atom is 0.338 e. The highest BCUT2D eigenvalue weighted by molar-refractivity contribution is 6.24. The first kappa shape index (κ1) is 24.9. The number of piperidine rings is 1. The minimum Gasteiger partial charge on any atom is -0.462 e. The van der Waals surface area contributed by atoms with Crippen molar-refractivity contribution in [3.05, 3.63) is 95.1 Å². The molecule has 6 nitrogen and oxygen atoms in total. The van der Waals surface area contributed by atoms with Gasteiger partial charge >= 0.3 is 5.97 Å². The second-order valence-electron chi connectivity index (χ2n) is 9.63. The van der Waals surface area contributed by atoms with Crippen LogP contribution < -0.4 is 5.32 Å². The lowest BCUT2D eigenvalue weighted by atomic mass is 9.90. The van der Waals surface area contributed by atoms with E-state index in [-0.39, 0.29) is 5.91 Å². The van der Waals surface area contributed by atoms with Crippen LogP contribution in [0.1, 0.15) is 59.2 Å². The number of aliphatic imine (C=N–C) groups is 1. The van der Waals surface area contributed by atoms with Crippen molar-refractivity contribution >= 4 is 29.0 Å². The second kappa shape index (κ2) is 11.5. The number of nitrogens with one attached hydrogen (secondary N) is 1. The van der Waals surface area contributed by atoms with Gasteiger partial charge in [-0.1, -0.05) is 55.0 Å². The predicted molar refractivity (Wildman–Crippen MR) is 147 cm³/mol. The molecule has 1 amide bonds. The molecular formula is C31H33N3O3. The normalized spacial score (nSPS) is 17.8. The molecule has 1 N–H and O–H groups in total. The Bertz CT molecular complexity index is 1280. The van der Waals surface area contributed by atoms with E-state index in [1.165, 1.54) is 37.9 Å². The minimum atomic E-state index is -0.576. The average Bonchev–Trinajstić information content (AvgIpc) is 3.27. The lowest BCUT2D eigenvalue weighted by Gasteiger charge is -2.26. The molecular weight excluding hydrogens is 462 g/mol. The van der Waals surface area contributed by atoms with Crippen LogP contribution in [0.5, 0.6) is 0 Å². The highest BCUT2D eigenvalue weighted by Gasteiger charge is 2.36. The van der Waals surface area contributed by atoms with Crippen LogP contribution in [0.3, 0.4) is 0 Å². The van der Waals surface area contributed by atoms with Crippen LogP contribution in [0.15, 0.2) is 77.8 Å². The number of ether oxygens (including phenoxy) is 1. The van der Waals surface area contributed by atoms with Crippen LogP contribution in [0.25, 0.3) is 0 Å². The summed E-state index contributed by atoms with van der Waals surface area (Å²) in [6, 6.07) is 23.4. The largest absolute Gasteiger partial charge is 0.462 e. The SMILES string of the molecule is CCOC(=O)c1ccc2c(c1)NC(=O)C2C(=Nc1ccc(CCN2CCCCC2)cc1)c1ccccc1. The molecule has 0 aromatic heterocycles. The summed E-state index contributed by atoms with van der Waals surface area (Å²) in [4.78, 5) is 33.0. The van der Waals surface area contributed by atoms with Gasteiger partial charge in [0.25, 0.3) is 0 Å². The molecule has 1 atom stereocenters. The van der Waals surface area contributed by atoms with E-state index in [2.05, 4.69) is 22.3 Å². The number of carbonyl (C=O) groups is 2. The molecule has 0 radical (unpaired) electrons. The van der Waals surface area contributed by atoms with Gasteiger partial charge < -0.3 is 15.0 Å². The lowest BCUT2D eigenvalue weighted by Crippen LogP contribution is -2.31. The molecule has 3 aromatic carbocycles. The van der Waals surface area contributed by atoms with Crippen molar-refractivity contribution in [2.45, 2.75) is 38.5 Å². The van der Waals surface area contributed by atoms with Gasteiger partial charge in [0.1, 0.15) is 5.92 Å². The van der Waals surface area contributed by atoms with E-state index in [0.717, 1.165) is 29.8 Å². The molecule has 0 aliphatic carbocycles. The molecule has 0 spiro atoms. The van der Waals surface area contributed by atoms with Crippen LogP contribution in [0.2, 0.25) is 0 Å². The number of hydrogen-bond donors (Lipinski definition) is 1. The zero-order chi connectivity index (χ0) is 25.6. The fourth-order valence-corrected chi connectivity index (χ4v) is 5.13. The van der Waals surface area contributed by atoms with Crippen molar-refractivity contribution in [2.75, 3.05) is 31.6 Å². The Hall–Kier alpha value is -3.77. The summed E-state index contributed by atoms with van der Waals surface area (Å²) in [5.41, 5.74) is 5.52. The van der Waals surface area contributed by atoms with Crippen molar-refractivity contribution < 1.29 is 14.3 Å². The number of anilines is 1. The first-order valence-electron chi connectivity index (χ1n) is 13.2. The third-order valence-corrected chi connectivity index (χ3v) is 7.09. The van der Waals surface area contributed by atoms with Crippen molar-refractivity contribution in [3.8, 4) is 0 Å². The predicted octanol–water partition coefficient (Wildman–Crippen LogP) is 5.75. The Morgan fingerprint density at radius 1 is 0.973 bits per heavy atom. The summed E-state index contributed by atoms with van der Waals surface area (Å²) in [7, 11) is 0. The number of carbonyl (C=O) groups excluding carboxylic acids is 2. The molecule has 3 aromatic rings.